The average molecular weight is 556 g/mol. The van der Waals surface area contributed by atoms with Crippen molar-refractivity contribution >= 4 is 23.0 Å². The van der Waals surface area contributed by atoms with Gasteiger partial charge in [-0.1, -0.05) is 44.2 Å². The molecule has 1 aliphatic heterocycles. The highest BCUT2D eigenvalue weighted by Crippen LogP contribution is 2.41. The van der Waals surface area contributed by atoms with Crippen LogP contribution in [0.3, 0.4) is 0 Å². The van der Waals surface area contributed by atoms with Gasteiger partial charge in [-0.05, 0) is 68.9 Å². The van der Waals surface area contributed by atoms with E-state index in [0.717, 1.165) is 23.7 Å². The number of aromatic nitrogens is 2. The van der Waals surface area contributed by atoms with E-state index in [1.54, 1.807) is 26.8 Å². The van der Waals surface area contributed by atoms with E-state index < -0.39 is 17.9 Å². The minimum atomic E-state index is -0.729. The standard InChI is InChI=1S/C31H46N4O5/c1-21(2)39-31(37)27-23(4)32-22(3)26(28(27)24-17-16-18-25-29(24)34-40-33-25)30(36)38-20-15-13-11-9-8-10-12-14-19-35(5,6)7/h16-18,21,28H,8-15,19-20H2,1-7H3/p+1. The molecule has 9 nitrogen and oxygen atoms in total. The Balaban J connectivity index is 1.62. The SMILES string of the molecule is CC1=C(C(=O)OCCCCCCCCCC[N+](C)(C)C)C(c2cccc3nonc23)C(C(=O)OC(C)C)=C(C)N1. The summed E-state index contributed by atoms with van der Waals surface area (Å²) in [4.78, 5) is 26.8. The second-order valence-electron chi connectivity index (χ2n) is 12.0. The van der Waals surface area contributed by atoms with Crippen molar-refractivity contribution in [2.24, 2.45) is 0 Å². The van der Waals surface area contributed by atoms with Crippen LogP contribution in [0.4, 0.5) is 0 Å². The van der Waals surface area contributed by atoms with Gasteiger partial charge in [0, 0.05) is 11.4 Å². The molecule has 1 aromatic carbocycles. The van der Waals surface area contributed by atoms with Gasteiger partial charge < -0.3 is 19.3 Å². The number of hydrogen-bond acceptors (Lipinski definition) is 8. The van der Waals surface area contributed by atoms with Crippen LogP contribution in [-0.4, -0.2) is 67.1 Å². The normalized spacial score (nSPS) is 16.1. The van der Waals surface area contributed by atoms with Gasteiger partial charge in [0.2, 0.25) is 0 Å². The molecule has 40 heavy (non-hydrogen) atoms. The predicted molar refractivity (Wildman–Crippen MR) is 155 cm³/mol. The first-order valence-corrected chi connectivity index (χ1v) is 14.6. The van der Waals surface area contributed by atoms with Crippen molar-refractivity contribution in [3.63, 3.8) is 0 Å². The van der Waals surface area contributed by atoms with Crippen LogP contribution in [0.1, 0.15) is 90.5 Å². The number of carbonyl (C=O) groups excluding carboxylic acids is 2. The summed E-state index contributed by atoms with van der Waals surface area (Å²) in [5.74, 6) is -1.68. The lowest BCUT2D eigenvalue weighted by atomic mass is 9.80. The molecule has 0 saturated heterocycles. The fourth-order valence-corrected chi connectivity index (χ4v) is 5.18. The highest BCUT2D eigenvalue weighted by atomic mass is 16.6. The third-order valence-electron chi connectivity index (χ3n) is 7.13. The first kappa shape index (κ1) is 31.3. The van der Waals surface area contributed by atoms with E-state index in [-0.39, 0.29) is 6.10 Å². The third kappa shape index (κ3) is 8.65. The van der Waals surface area contributed by atoms with Gasteiger partial charge in [-0.15, -0.1) is 0 Å². The molecule has 2 aromatic rings. The number of quaternary nitrogens is 1. The van der Waals surface area contributed by atoms with Crippen LogP contribution < -0.4 is 5.32 Å². The molecule has 220 valence electrons. The molecule has 1 N–H and O–H groups in total. The molecule has 1 aliphatic rings. The second kappa shape index (κ2) is 14.4. The molecule has 0 aliphatic carbocycles. The molecule has 1 atom stereocenters. The maximum atomic E-state index is 13.5. The van der Waals surface area contributed by atoms with E-state index in [0.29, 0.717) is 45.7 Å². The average Bonchev–Trinajstić information content (AvgIpc) is 3.34. The van der Waals surface area contributed by atoms with Gasteiger partial charge in [-0.3, -0.25) is 0 Å². The molecule has 0 saturated carbocycles. The Morgan fingerprint density at radius 2 is 1.50 bits per heavy atom. The number of esters is 2. The summed E-state index contributed by atoms with van der Waals surface area (Å²) in [6, 6.07) is 5.42. The first-order chi connectivity index (χ1) is 19.0. The predicted octanol–water partition coefficient (Wildman–Crippen LogP) is 5.78. The molecule has 3 rings (SSSR count). The number of fused-ring (bicyclic) bond motifs is 1. The van der Waals surface area contributed by atoms with Crippen molar-refractivity contribution in [2.75, 3.05) is 34.3 Å². The lowest BCUT2D eigenvalue weighted by Gasteiger charge is -2.30. The molecule has 2 heterocycles. The molecule has 9 heteroatoms. The largest absolute Gasteiger partial charge is 0.462 e. The highest BCUT2D eigenvalue weighted by molar-refractivity contribution is 6.01. The van der Waals surface area contributed by atoms with E-state index in [1.165, 1.54) is 38.6 Å². The smallest absolute Gasteiger partial charge is 0.337 e. The van der Waals surface area contributed by atoms with Gasteiger partial charge in [0.1, 0.15) is 11.0 Å². The summed E-state index contributed by atoms with van der Waals surface area (Å²) in [7, 11) is 6.71. The molecule has 0 amide bonds. The van der Waals surface area contributed by atoms with Crippen molar-refractivity contribution in [1.29, 1.82) is 0 Å². The minimum Gasteiger partial charge on any atom is -0.462 e. The Morgan fingerprint density at radius 3 is 2.12 bits per heavy atom. The van der Waals surface area contributed by atoms with Crippen LogP contribution in [0, 0.1) is 0 Å². The summed E-state index contributed by atoms with van der Waals surface area (Å²) in [6.45, 7) is 8.77. The third-order valence-corrected chi connectivity index (χ3v) is 7.13. The van der Waals surface area contributed by atoms with Crippen molar-refractivity contribution in [1.82, 2.24) is 15.6 Å². The maximum absolute atomic E-state index is 13.5. The maximum Gasteiger partial charge on any atom is 0.337 e. The molecule has 0 fully saturated rings. The molecule has 0 spiro atoms. The number of hydrogen-bond donors (Lipinski definition) is 1. The van der Waals surface area contributed by atoms with Crippen molar-refractivity contribution in [3.8, 4) is 0 Å². The van der Waals surface area contributed by atoms with E-state index in [9.17, 15) is 9.59 Å². The van der Waals surface area contributed by atoms with E-state index in [2.05, 4.69) is 36.8 Å². The number of unbranched alkanes of at least 4 members (excludes halogenated alkanes) is 7. The number of ether oxygens (including phenoxy) is 2. The van der Waals surface area contributed by atoms with Crippen LogP contribution in [0.15, 0.2) is 45.4 Å². The van der Waals surface area contributed by atoms with Gasteiger partial charge in [0.25, 0.3) is 0 Å². The zero-order valence-corrected chi connectivity index (χ0v) is 25.3. The van der Waals surface area contributed by atoms with Gasteiger partial charge in [0.05, 0.1) is 57.5 Å². The lowest BCUT2D eigenvalue weighted by Crippen LogP contribution is -2.35. The van der Waals surface area contributed by atoms with Crippen molar-refractivity contribution < 1.29 is 28.2 Å². The number of benzene rings is 1. The van der Waals surface area contributed by atoms with Gasteiger partial charge >= 0.3 is 11.9 Å². The van der Waals surface area contributed by atoms with E-state index in [1.807, 2.05) is 19.1 Å². The molecule has 0 bridgehead atoms. The fraction of sp³-hybridized carbons (Fsp3) is 0.613. The summed E-state index contributed by atoms with van der Waals surface area (Å²) < 4.78 is 17.3. The van der Waals surface area contributed by atoms with E-state index >= 15 is 0 Å². The monoisotopic (exact) mass is 555 g/mol. The summed E-state index contributed by atoms with van der Waals surface area (Å²) in [5.41, 5.74) is 3.65. The molecular weight excluding hydrogens is 508 g/mol. The minimum absolute atomic E-state index is 0.317. The first-order valence-electron chi connectivity index (χ1n) is 14.6. The van der Waals surface area contributed by atoms with Gasteiger partial charge in [-0.2, -0.15) is 0 Å². The van der Waals surface area contributed by atoms with E-state index in [4.69, 9.17) is 14.1 Å². The summed E-state index contributed by atoms with van der Waals surface area (Å²) in [6.07, 6.45) is 8.93. The number of allylic oxidation sites excluding steroid dienone is 2. The lowest BCUT2D eigenvalue weighted by molar-refractivity contribution is -0.870. The van der Waals surface area contributed by atoms with Crippen LogP contribution in [0.2, 0.25) is 0 Å². The molecule has 0 radical (unpaired) electrons. The highest BCUT2D eigenvalue weighted by Gasteiger charge is 2.39. The number of nitrogens with one attached hydrogen (secondary N) is 1. The number of nitrogens with zero attached hydrogens (tertiary/aromatic N) is 3. The quantitative estimate of drug-likeness (QED) is 0.168. The van der Waals surface area contributed by atoms with Crippen molar-refractivity contribution in [3.05, 3.63) is 46.3 Å². The molecule has 1 unspecified atom stereocenters. The Labute approximate surface area is 238 Å². The number of dihydropyridines is 1. The molecular formula is C31H47N4O5+. The summed E-state index contributed by atoms with van der Waals surface area (Å²) >= 11 is 0. The zero-order valence-electron chi connectivity index (χ0n) is 25.3. The van der Waals surface area contributed by atoms with Crippen LogP contribution >= 0.6 is 0 Å². The second-order valence-corrected chi connectivity index (χ2v) is 12.0. The fourth-order valence-electron chi connectivity index (χ4n) is 5.18. The van der Waals surface area contributed by atoms with Crippen LogP contribution in [0.25, 0.3) is 11.0 Å². The zero-order chi connectivity index (χ0) is 29.3. The Hall–Kier alpha value is -3.20. The van der Waals surface area contributed by atoms with Crippen LogP contribution in [0.5, 0.6) is 0 Å². The van der Waals surface area contributed by atoms with Crippen molar-refractivity contribution in [2.45, 2.75) is 91.1 Å². The number of carbonyl (C=O) groups is 2. The number of rotatable bonds is 15. The molecule has 1 aromatic heterocycles. The Bertz CT molecular complexity index is 1220. The van der Waals surface area contributed by atoms with Gasteiger partial charge in [0.15, 0.2) is 0 Å². The topological polar surface area (TPSA) is 104 Å². The summed E-state index contributed by atoms with van der Waals surface area (Å²) in [5, 5.41) is 11.2. The van der Waals surface area contributed by atoms with Crippen LogP contribution in [-0.2, 0) is 19.1 Å². The Kier molecular flexibility index (Phi) is 11.3. The van der Waals surface area contributed by atoms with Gasteiger partial charge in [-0.25, -0.2) is 14.2 Å². The Morgan fingerprint density at radius 1 is 0.900 bits per heavy atom.